The Kier molecular flexibility index (Phi) is 5.59. The highest BCUT2D eigenvalue weighted by Gasteiger charge is 2.25. The van der Waals surface area contributed by atoms with Gasteiger partial charge >= 0.3 is 6.03 Å². The third-order valence-electron chi connectivity index (χ3n) is 4.07. The highest BCUT2D eigenvalue weighted by molar-refractivity contribution is 5.90. The van der Waals surface area contributed by atoms with E-state index in [1.807, 2.05) is 36.1 Å². The van der Waals surface area contributed by atoms with Gasteiger partial charge in [-0.25, -0.2) is 4.79 Å². The molecule has 0 aliphatic carbocycles. The predicted molar refractivity (Wildman–Crippen MR) is 82.2 cm³/mol. The minimum absolute atomic E-state index is 0.0809. The fourth-order valence-electron chi connectivity index (χ4n) is 2.70. The second-order valence-electron chi connectivity index (χ2n) is 5.59. The maximum Gasteiger partial charge on any atom is 0.321 e. The summed E-state index contributed by atoms with van der Waals surface area (Å²) in [5, 5.41) is 12.6. The number of carbonyl (C=O) groups excluding carboxylic acids is 1. The molecule has 1 aliphatic rings. The van der Waals surface area contributed by atoms with E-state index in [4.69, 9.17) is 4.74 Å². The van der Waals surface area contributed by atoms with Gasteiger partial charge in [-0.2, -0.15) is 0 Å². The molecule has 2 amide bonds. The molecule has 0 saturated carbocycles. The molecule has 116 valence electrons. The van der Waals surface area contributed by atoms with E-state index in [0.717, 1.165) is 24.1 Å². The standard InChI is InChI=1S/C16H24N2O3/c1-12(19)13-7-9-18(10-8-13)16(20)17-15-6-4-3-5-14(15)11-21-2/h3-6,12-13,19H,7-11H2,1-2H3,(H,17,20). The van der Waals surface area contributed by atoms with Crippen LogP contribution in [0.1, 0.15) is 25.3 Å². The Morgan fingerprint density at radius 1 is 1.43 bits per heavy atom. The number of hydrogen-bond donors (Lipinski definition) is 2. The van der Waals surface area contributed by atoms with Crippen molar-refractivity contribution in [2.75, 3.05) is 25.5 Å². The monoisotopic (exact) mass is 292 g/mol. The van der Waals surface area contributed by atoms with Gasteiger partial charge in [-0.1, -0.05) is 18.2 Å². The van der Waals surface area contributed by atoms with Crippen molar-refractivity contribution in [2.45, 2.75) is 32.5 Å². The molecule has 0 aromatic heterocycles. The van der Waals surface area contributed by atoms with Crippen LogP contribution in [-0.4, -0.2) is 42.3 Å². The van der Waals surface area contributed by atoms with Crippen LogP contribution in [0.5, 0.6) is 0 Å². The molecule has 1 unspecified atom stereocenters. The molecule has 1 aliphatic heterocycles. The molecule has 1 aromatic carbocycles. The van der Waals surface area contributed by atoms with Crippen LogP contribution < -0.4 is 5.32 Å². The highest BCUT2D eigenvalue weighted by Crippen LogP contribution is 2.22. The average Bonchev–Trinajstić information content (AvgIpc) is 2.49. The summed E-state index contributed by atoms with van der Waals surface area (Å²) in [6, 6.07) is 7.57. The van der Waals surface area contributed by atoms with Crippen molar-refractivity contribution >= 4 is 11.7 Å². The summed E-state index contributed by atoms with van der Waals surface area (Å²) in [4.78, 5) is 14.1. The van der Waals surface area contributed by atoms with Gasteiger partial charge in [0.15, 0.2) is 0 Å². The number of piperidine rings is 1. The Morgan fingerprint density at radius 3 is 2.71 bits per heavy atom. The number of nitrogens with zero attached hydrogens (tertiary/aromatic N) is 1. The number of aliphatic hydroxyl groups excluding tert-OH is 1. The summed E-state index contributed by atoms with van der Waals surface area (Å²) in [6.07, 6.45) is 1.41. The fourth-order valence-corrected chi connectivity index (χ4v) is 2.70. The molecule has 0 spiro atoms. The predicted octanol–water partition coefficient (Wildman–Crippen LogP) is 2.46. The second kappa shape index (κ2) is 7.43. The lowest BCUT2D eigenvalue weighted by atomic mass is 9.92. The van der Waals surface area contributed by atoms with Gasteiger partial charge in [-0.3, -0.25) is 0 Å². The van der Waals surface area contributed by atoms with E-state index < -0.39 is 0 Å². The number of benzene rings is 1. The minimum atomic E-state index is -0.294. The fraction of sp³-hybridized carbons (Fsp3) is 0.562. The van der Waals surface area contributed by atoms with Crippen LogP contribution in [0.4, 0.5) is 10.5 Å². The largest absolute Gasteiger partial charge is 0.393 e. The number of anilines is 1. The molecule has 1 aromatic rings. The molecule has 1 saturated heterocycles. The number of para-hydroxylation sites is 1. The van der Waals surface area contributed by atoms with E-state index in [1.54, 1.807) is 7.11 Å². The zero-order valence-electron chi connectivity index (χ0n) is 12.7. The first kappa shape index (κ1) is 15.8. The van der Waals surface area contributed by atoms with Crippen LogP contribution in [-0.2, 0) is 11.3 Å². The van der Waals surface area contributed by atoms with Crippen molar-refractivity contribution in [1.82, 2.24) is 4.90 Å². The first-order chi connectivity index (χ1) is 10.1. The molecule has 5 heteroatoms. The van der Waals surface area contributed by atoms with Crippen LogP contribution in [0, 0.1) is 5.92 Å². The topological polar surface area (TPSA) is 61.8 Å². The Balaban J connectivity index is 1.93. The van der Waals surface area contributed by atoms with Gasteiger partial charge in [0.05, 0.1) is 12.7 Å². The number of methoxy groups -OCH3 is 1. The molecule has 2 N–H and O–H groups in total. The molecular weight excluding hydrogens is 268 g/mol. The summed E-state index contributed by atoms with van der Waals surface area (Å²) in [7, 11) is 1.64. The van der Waals surface area contributed by atoms with Crippen molar-refractivity contribution in [1.29, 1.82) is 0 Å². The molecular formula is C16H24N2O3. The van der Waals surface area contributed by atoms with Gasteiger partial charge in [-0.15, -0.1) is 0 Å². The van der Waals surface area contributed by atoms with Crippen molar-refractivity contribution in [2.24, 2.45) is 5.92 Å². The van der Waals surface area contributed by atoms with E-state index in [2.05, 4.69) is 5.32 Å². The lowest BCUT2D eigenvalue weighted by Crippen LogP contribution is -2.42. The molecule has 1 heterocycles. The normalized spacial score (nSPS) is 17.6. The summed E-state index contributed by atoms with van der Waals surface area (Å²) in [6.45, 7) is 3.67. The molecule has 1 atom stereocenters. The summed E-state index contributed by atoms with van der Waals surface area (Å²) in [5.41, 5.74) is 1.76. The SMILES string of the molecule is COCc1ccccc1NC(=O)N1CCC(C(C)O)CC1. The Hall–Kier alpha value is -1.59. The lowest BCUT2D eigenvalue weighted by molar-refractivity contribution is 0.0820. The first-order valence-electron chi connectivity index (χ1n) is 7.42. The van der Waals surface area contributed by atoms with Gasteiger partial charge in [0.25, 0.3) is 0 Å². The Morgan fingerprint density at radius 2 is 2.10 bits per heavy atom. The van der Waals surface area contributed by atoms with Gasteiger partial charge in [0.2, 0.25) is 0 Å². The summed E-state index contributed by atoms with van der Waals surface area (Å²) < 4.78 is 5.14. The highest BCUT2D eigenvalue weighted by atomic mass is 16.5. The van der Waals surface area contributed by atoms with Crippen molar-refractivity contribution in [3.05, 3.63) is 29.8 Å². The maximum absolute atomic E-state index is 12.3. The number of likely N-dealkylation sites (tertiary alicyclic amines) is 1. The van der Waals surface area contributed by atoms with Crippen molar-refractivity contribution in [3.8, 4) is 0 Å². The molecule has 21 heavy (non-hydrogen) atoms. The van der Waals surface area contributed by atoms with Crippen LogP contribution in [0.3, 0.4) is 0 Å². The van der Waals surface area contributed by atoms with Crippen LogP contribution in [0.25, 0.3) is 0 Å². The van der Waals surface area contributed by atoms with E-state index in [0.29, 0.717) is 25.6 Å². The summed E-state index contributed by atoms with van der Waals surface area (Å²) >= 11 is 0. The number of aliphatic hydroxyl groups is 1. The lowest BCUT2D eigenvalue weighted by Gasteiger charge is -2.33. The number of ether oxygens (including phenoxy) is 1. The number of carbonyl (C=O) groups is 1. The number of urea groups is 1. The van der Waals surface area contributed by atoms with Crippen LogP contribution in [0.15, 0.2) is 24.3 Å². The third kappa shape index (κ3) is 4.19. The third-order valence-corrected chi connectivity index (χ3v) is 4.07. The van der Waals surface area contributed by atoms with Crippen LogP contribution >= 0.6 is 0 Å². The summed E-state index contributed by atoms with van der Waals surface area (Å²) in [5.74, 6) is 0.301. The Labute approximate surface area is 125 Å². The van der Waals surface area contributed by atoms with E-state index in [9.17, 15) is 9.90 Å². The van der Waals surface area contributed by atoms with E-state index >= 15 is 0 Å². The zero-order valence-corrected chi connectivity index (χ0v) is 12.7. The number of rotatable bonds is 4. The number of amides is 2. The molecule has 2 rings (SSSR count). The van der Waals surface area contributed by atoms with Gasteiger partial charge < -0.3 is 20.1 Å². The van der Waals surface area contributed by atoms with Gasteiger partial charge in [0.1, 0.15) is 0 Å². The molecule has 5 nitrogen and oxygen atoms in total. The number of hydrogen-bond acceptors (Lipinski definition) is 3. The maximum atomic E-state index is 12.3. The Bertz CT molecular complexity index is 468. The van der Waals surface area contributed by atoms with Crippen LogP contribution in [0.2, 0.25) is 0 Å². The van der Waals surface area contributed by atoms with Crippen molar-refractivity contribution in [3.63, 3.8) is 0 Å². The van der Waals surface area contributed by atoms with Gasteiger partial charge in [-0.05, 0) is 31.7 Å². The van der Waals surface area contributed by atoms with Crippen molar-refractivity contribution < 1.29 is 14.6 Å². The number of nitrogens with one attached hydrogen (secondary N) is 1. The molecule has 1 fully saturated rings. The average molecular weight is 292 g/mol. The quantitative estimate of drug-likeness (QED) is 0.896. The zero-order chi connectivity index (χ0) is 15.2. The first-order valence-corrected chi connectivity index (χ1v) is 7.42. The minimum Gasteiger partial charge on any atom is -0.393 e. The van der Waals surface area contributed by atoms with Gasteiger partial charge in [0, 0.05) is 31.5 Å². The second-order valence-corrected chi connectivity index (χ2v) is 5.59. The molecule has 0 radical (unpaired) electrons. The smallest absolute Gasteiger partial charge is 0.321 e. The van der Waals surface area contributed by atoms with E-state index in [-0.39, 0.29) is 12.1 Å². The van der Waals surface area contributed by atoms with E-state index in [1.165, 1.54) is 0 Å². The molecule has 0 bridgehead atoms.